The molecule has 10 heavy (non-hydrogen) atoms. The molecule has 0 unspecified atom stereocenters. The highest BCUT2D eigenvalue weighted by Crippen LogP contribution is 2.29. The predicted molar refractivity (Wildman–Crippen MR) is 47.9 cm³/mol. The number of hydrogen-bond acceptors (Lipinski definition) is 1. The summed E-state index contributed by atoms with van der Waals surface area (Å²) in [4.78, 5) is 0. The molecule has 1 saturated heterocycles. The van der Waals surface area contributed by atoms with E-state index in [0.717, 1.165) is 6.61 Å². The summed E-state index contributed by atoms with van der Waals surface area (Å²) in [7, 11) is 0. The minimum Gasteiger partial charge on any atom is -0.368 e. The van der Waals surface area contributed by atoms with Gasteiger partial charge in [0.05, 0.1) is 6.61 Å². The van der Waals surface area contributed by atoms with E-state index in [0.29, 0.717) is 6.10 Å². The molecular formula is C8H7IO. The minimum atomic E-state index is 0.398. The van der Waals surface area contributed by atoms with Crippen LogP contribution in [0, 0.1) is 3.57 Å². The van der Waals surface area contributed by atoms with Crippen molar-refractivity contribution in [3.63, 3.8) is 0 Å². The van der Waals surface area contributed by atoms with Crippen molar-refractivity contribution in [3.8, 4) is 0 Å². The average molecular weight is 246 g/mol. The minimum absolute atomic E-state index is 0.398. The van der Waals surface area contributed by atoms with E-state index >= 15 is 0 Å². The molecule has 0 aromatic heterocycles. The van der Waals surface area contributed by atoms with Gasteiger partial charge in [-0.3, -0.25) is 0 Å². The molecule has 0 aliphatic carbocycles. The van der Waals surface area contributed by atoms with Gasteiger partial charge in [0.1, 0.15) is 6.10 Å². The Morgan fingerprint density at radius 3 is 2.90 bits per heavy atom. The number of ether oxygens (including phenoxy) is 1. The van der Waals surface area contributed by atoms with E-state index in [-0.39, 0.29) is 0 Å². The Balaban J connectivity index is 2.32. The van der Waals surface area contributed by atoms with Crippen molar-refractivity contribution in [2.75, 3.05) is 6.61 Å². The maximum atomic E-state index is 5.15. The first-order valence-corrected chi connectivity index (χ1v) is 4.31. The molecule has 2 heteroatoms. The summed E-state index contributed by atoms with van der Waals surface area (Å²) in [5.74, 6) is 0. The zero-order valence-corrected chi connectivity index (χ0v) is 7.54. The fourth-order valence-electron chi connectivity index (χ4n) is 0.947. The maximum absolute atomic E-state index is 5.15. The number of benzene rings is 1. The van der Waals surface area contributed by atoms with Crippen LogP contribution in [0.4, 0.5) is 0 Å². The van der Waals surface area contributed by atoms with E-state index in [1.165, 1.54) is 9.13 Å². The zero-order chi connectivity index (χ0) is 6.97. The van der Waals surface area contributed by atoms with Crippen LogP contribution in [-0.2, 0) is 4.74 Å². The normalized spacial score (nSPS) is 22.7. The summed E-state index contributed by atoms with van der Waals surface area (Å²) >= 11 is 2.31. The molecule has 1 aliphatic heterocycles. The first kappa shape index (κ1) is 6.61. The number of hydrogen-bond donors (Lipinski definition) is 0. The van der Waals surface area contributed by atoms with E-state index in [2.05, 4.69) is 46.9 Å². The number of halogens is 1. The van der Waals surface area contributed by atoms with Gasteiger partial charge in [0.15, 0.2) is 0 Å². The second kappa shape index (κ2) is 2.51. The van der Waals surface area contributed by atoms with Crippen LogP contribution in [0.15, 0.2) is 24.3 Å². The van der Waals surface area contributed by atoms with Gasteiger partial charge in [0.25, 0.3) is 0 Å². The second-order valence-electron chi connectivity index (χ2n) is 2.38. The molecule has 2 rings (SSSR count). The Bertz CT molecular complexity index is 243. The van der Waals surface area contributed by atoms with Crippen molar-refractivity contribution >= 4 is 22.6 Å². The SMILES string of the molecule is Ic1cccc([C@H]2CO2)c1. The fourth-order valence-corrected chi connectivity index (χ4v) is 1.51. The van der Waals surface area contributed by atoms with E-state index in [4.69, 9.17) is 4.74 Å². The molecule has 52 valence electrons. The van der Waals surface area contributed by atoms with Crippen molar-refractivity contribution in [1.29, 1.82) is 0 Å². The van der Waals surface area contributed by atoms with Crippen LogP contribution >= 0.6 is 22.6 Å². The lowest BCUT2D eigenvalue weighted by molar-refractivity contribution is 0.415. The van der Waals surface area contributed by atoms with Gasteiger partial charge in [0.2, 0.25) is 0 Å². The lowest BCUT2D eigenvalue weighted by atomic mass is 10.2. The third-order valence-corrected chi connectivity index (χ3v) is 2.22. The lowest BCUT2D eigenvalue weighted by Gasteiger charge is -1.94. The Kier molecular flexibility index (Phi) is 1.66. The van der Waals surface area contributed by atoms with Crippen LogP contribution in [-0.4, -0.2) is 6.61 Å². The molecule has 0 N–H and O–H groups in total. The van der Waals surface area contributed by atoms with Crippen LogP contribution in [0.25, 0.3) is 0 Å². The third-order valence-electron chi connectivity index (χ3n) is 1.55. The molecule has 1 nitrogen and oxygen atoms in total. The van der Waals surface area contributed by atoms with Gasteiger partial charge in [-0.05, 0) is 40.3 Å². The van der Waals surface area contributed by atoms with E-state index in [1.807, 2.05) is 0 Å². The molecule has 1 atom stereocenters. The smallest absolute Gasteiger partial charge is 0.106 e. The molecule has 1 aliphatic rings. The highest BCUT2D eigenvalue weighted by atomic mass is 127. The standard InChI is InChI=1S/C8H7IO/c9-7-3-1-2-6(4-7)8-5-10-8/h1-4,8H,5H2/t8-/m1/s1. The quantitative estimate of drug-likeness (QED) is 0.547. The molecule has 1 fully saturated rings. The predicted octanol–water partition coefficient (Wildman–Crippen LogP) is 2.36. The average Bonchev–Trinajstić information content (AvgIpc) is 2.68. The largest absolute Gasteiger partial charge is 0.368 e. The summed E-state index contributed by atoms with van der Waals surface area (Å²) in [5.41, 5.74) is 1.31. The summed E-state index contributed by atoms with van der Waals surface area (Å²) < 4.78 is 6.43. The molecule has 1 aromatic carbocycles. The van der Waals surface area contributed by atoms with Gasteiger partial charge in [0, 0.05) is 3.57 Å². The van der Waals surface area contributed by atoms with Crippen molar-refractivity contribution < 1.29 is 4.74 Å². The highest BCUT2D eigenvalue weighted by Gasteiger charge is 2.24. The Hall–Kier alpha value is -0.0900. The molecule has 0 saturated carbocycles. The molecule has 1 heterocycles. The van der Waals surface area contributed by atoms with Crippen LogP contribution in [0.5, 0.6) is 0 Å². The highest BCUT2D eigenvalue weighted by molar-refractivity contribution is 14.1. The van der Waals surface area contributed by atoms with Crippen LogP contribution in [0.2, 0.25) is 0 Å². The third kappa shape index (κ3) is 1.32. The van der Waals surface area contributed by atoms with Gasteiger partial charge in [-0.15, -0.1) is 0 Å². The number of epoxide rings is 1. The fraction of sp³-hybridized carbons (Fsp3) is 0.250. The maximum Gasteiger partial charge on any atom is 0.106 e. The lowest BCUT2D eigenvalue weighted by Crippen LogP contribution is -1.79. The summed E-state index contributed by atoms with van der Waals surface area (Å²) in [6.07, 6.45) is 0.398. The molecule has 1 aromatic rings. The van der Waals surface area contributed by atoms with E-state index in [9.17, 15) is 0 Å². The summed E-state index contributed by atoms with van der Waals surface area (Å²) in [6, 6.07) is 8.43. The van der Waals surface area contributed by atoms with Gasteiger partial charge in [-0.2, -0.15) is 0 Å². The topological polar surface area (TPSA) is 12.5 Å². The first-order valence-electron chi connectivity index (χ1n) is 3.23. The molecule has 0 bridgehead atoms. The van der Waals surface area contributed by atoms with Gasteiger partial charge < -0.3 is 4.74 Å². The summed E-state index contributed by atoms with van der Waals surface area (Å²) in [5, 5.41) is 0. The molecule has 0 amide bonds. The van der Waals surface area contributed by atoms with Gasteiger partial charge in [-0.1, -0.05) is 12.1 Å². The second-order valence-corrected chi connectivity index (χ2v) is 3.62. The Morgan fingerprint density at radius 2 is 2.30 bits per heavy atom. The Labute approximate surface area is 73.5 Å². The van der Waals surface area contributed by atoms with Gasteiger partial charge in [-0.25, -0.2) is 0 Å². The van der Waals surface area contributed by atoms with Crippen LogP contribution in [0.1, 0.15) is 11.7 Å². The monoisotopic (exact) mass is 246 g/mol. The summed E-state index contributed by atoms with van der Waals surface area (Å²) in [6.45, 7) is 0.903. The molecule has 0 spiro atoms. The van der Waals surface area contributed by atoms with E-state index in [1.54, 1.807) is 0 Å². The Morgan fingerprint density at radius 1 is 1.50 bits per heavy atom. The van der Waals surface area contributed by atoms with Crippen molar-refractivity contribution in [1.82, 2.24) is 0 Å². The van der Waals surface area contributed by atoms with Gasteiger partial charge >= 0.3 is 0 Å². The van der Waals surface area contributed by atoms with Crippen LogP contribution in [0.3, 0.4) is 0 Å². The van der Waals surface area contributed by atoms with E-state index < -0.39 is 0 Å². The molecular weight excluding hydrogens is 239 g/mol. The molecule has 0 radical (unpaired) electrons. The number of rotatable bonds is 1. The first-order chi connectivity index (χ1) is 4.86. The van der Waals surface area contributed by atoms with Crippen molar-refractivity contribution in [3.05, 3.63) is 33.4 Å². The zero-order valence-electron chi connectivity index (χ0n) is 5.38. The van der Waals surface area contributed by atoms with Crippen LogP contribution < -0.4 is 0 Å². The van der Waals surface area contributed by atoms with Crippen molar-refractivity contribution in [2.24, 2.45) is 0 Å². The van der Waals surface area contributed by atoms with Crippen molar-refractivity contribution in [2.45, 2.75) is 6.10 Å².